The van der Waals surface area contributed by atoms with Gasteiger partial charge in [-0.1, -0.05) is 17.7 Å². The van der Waals surface area contributed by atoms with Gasteiger partial charge in [-0.25, -0.2) is 18.4 Å². The molecule has 0 saturated carbocycles. The van der Waals surface area contributed by atoms with Crippen molar-refractivity contribution < 1.29 is 8.42 Å². The van der Waals surface area contributed by atoms with Crippen molar-refractivity contribution >= 4 is 21.7 Å². The molecule has 0 spiro atoms. The van der Waals surface area contributed by atoms with Gasteiger partial charge in [0.05, 0.1) is 4.90 Å². The summed E-state index contributed by atoms with van der Waals surface area (Å²) in [4.78, 5) is 14.2. The summed E-state index contributed by atoms with van der Waals surface area (Å²) >= 11 is 0. The Morgan fingerprint density at radius 1 is 0.733 bits per heavy atom. The Labute approximate surface area is 179 Å². The summed E-state index contributed by atoms with van der Waals surface area (Å²) in [5.41, 5.74) is 2.72. The van der Waals surface area contributed by atoms with E-state index in [1.807, 2.05) is 39.8 Å². The molecule has 0 unspecified atom stereocenters. The van der Waals surface area contributed by atoms with Crippen LogP contribution in [0, 0.1) is 27.7 Å². The van der Waals surface area contributed by atoms with Crippen molar-refractivity contribution in [1.82, 2.24) is 14.3 Å². The number of sulfonamides is 1. The SMILES string of the molecule is Cc1cc(C)c(S(=O)(=O)N2CCN(c3cc(N4CCCC4)nc(C)n3)CC2)c(C)c1. The predicted molar refractivity (Wildman–Crippen MR) is 120 cm³/mol. The van der Waals surface area contributed by atoms with E-state index in [9.17, 15) is 8.42 Å². The molecule has 1 aromatic heterocycles. The normalized spacial score (nSPS) is 18.3. The number of anilines is 2. The third kappa shape index (κ3) is 4.03. The summed E-state index contributed by atoms with van der Waals surface area (Å²) in [6.45, 7) is 11.9. The quantitative estimate of drug-likeness (QED) is 0.744. The lowest BCUT2D eigenvalue weighted by atomic mass is 10.1. The molecular weight excluding hydrogens is 398 g/mol. The fourth-order valence-electron chi connectivity index (χ4n) is 4.67. The van der Waals surface area contributed by atoms with Crippen LogP contribution in [0.2, 0.25) is 0 Å². The summed E-state index contributed by atoms with van der Waals surface area (Å²) < 4.78 is 28.3. The van der Waals surface area contributed by atoms with Crippen LogP contribution in [0.1, 0.15) is 35.4 Å². The first kappa shape index (κ1) is 21.1. The van der Waals surface area contributed by atoms with Gasteiger partial charge >= 0.3 is 0 Å². The number of piperazine rings is 1. The van der Waals surface area contributed by atoms with Gasteiger partial charge in [0.2, 0.25) is 10.0 Å². The molecule has 4 rings (SSSR count). The smallest absolute Gasteiger partial charge is 0.243 e. The highest BCUT2D eigenvalue weighted by atomic mass is 32.2. The molecule has 0 radical (unpaired) electrons. The number of hydrogen-bond acceptors (Lipinski definition) is 6. The van der Waals surface area contributed by atoms with E-state index in [1.54, 1.807) is 4.31 Å². The number of rotatable bonds is 4. The molecule has 30 heavy (non-hydrogen) atoms. The van der Waals surface area contributed by atoms with Crippen molar-refractivity contribution in [2.75, 3.05) is 49.1 Å². The van der Waals surface area contributed by atoms with Gasteiger partial charge in [-0.15, -0.1) is 0 Å². The van der Waals surface area contributed by atoms with Crippen molar-refractivity contribution in [1.29, 1.82) is 0 Å². The third-order valence-electron chi connectivity index (χ3n) is 6.01. The second-order valence-electron chi connectivity index (χ2n) is 8.44. The first-order chi connectivity index (χ1) is 14.3. The van der Waals surface area contributed by atoms with Gasteiger partial charge in [0.25, 0.3) is 0 Å². The van der Waals surface area contributed by atoms with Gasteiger partial charge in [0.15, 0.2) is 0 Å². The van der Waals surface area contributed by atoms with E-state index in [0.717, 1.165) is 47.2 Å². The molecule has 3 heterocycles. The maximum atomic E-state index is 13.3. The van der Waals surface area contributed by atoms with Gasteiger partial charge in [0, 0.05) is 45.3 Å². The molecule has 1 aromatic carbocycles. The molecule has 0 atom stereocenters. The molecule has 0 bridgehead atoms. The second kappa shape index (κ2) is 8.15. The highest BCUT2D eigenvalue weighted by Gasteiger charge is 2.31. The van der Waals surface area contributed by atoms with E-state index in [1.165, 1.54) is 12.8 Å². The molecular formula is C22H31N5O2S. The zero-order valence-electron chi connectivity index (χ0n) is 18.3. The van der Waals surface area contributed by atoms with E-state index in [2.05, 4.69) is 25.8 Å². The Kier molecular flexibility index (Phi) is 5.72. The molecule has 0 aliphatic carbocycles. The van der Waals surface area contributed by atoms with Crippen LogP contribution in [0.25, 0.3) is 0 Å². The Bertz CT molecular complexity index is 1020. The summed E-state index contributed by atoms with van der Waals surface area (Å²) in [5, 5.41) is 0. The zero-order chi connectivity index (χ0) is 21.5. The summed E-state index contributed by atoms with van der Waals surface area (Å²) in [7, 11) is -3.51. The van der Waals surface area contributed by atoms with E-state index in [0.29, 0.717) is 31.1 Å². The lowest BCUT2D eigenvalue weighted by molar-refractivity contribution is 0.383. The molecule has 2 aliphatic rings. The van der Waals surface area contributed by atoms with Crippen LogP contribution in [0.15, 0.2) is 23.1 Å². The minimum absolute atomic E-state index is 0.454. The molecule has 7 nitrogen and oxygen atoms in total. The summed E-state index contributed by atoms with van der Waals surface area (Å²) in [5.74, 6) is 2.63. The van der Waals surface area contributed by atoms with E-state index in [4.69, 9.17) is 0 Å². The van der Waals surface area contributed by atoms with Crippen molar-refractivity contribution in [3.8, 4) is 0 Å². The van der Waals surface area contributed by atoms with Gasteiger partial charge in [-0.3, -0.25) is 0 Å². The largest absolute Gasteiger partial charge is 0.356 e. The van der Waals surface area contributed by atoms with Crippen molar-refractivity contribution in [2.45, 2.75) is 45.4 Å². The molecule has 0 N–H and O–H groups in total. The molecule has 162 valence electrons. The second-order valence-corrected chi connectivity index (χ2v) is 10.3. The van der Waals surface area contributed by atoms with Crippen molar-refractivity contribution in [3.05, 3.63) is 40.7 Å². The van der Waals surface area contributed by atoms with E-state index in [-0.39, 0.29) is 0 Å². The van der Waals surface area contributed by atoms with E-state index >= 15 is 0 Å². The number of benzene rings is 1. The van der Waals surface area contributed by atoms with Crippen LogP contribution >= 0.6 is 0 Å². The fraction of sp³-hybridized carbons (Fsp3) is 0.545. The van der Waals surface area contributed by atoms with Crippen LogP contribution < -0.4 is 9.80 Å². The average molecular weight is 430 g/mol. The minimum atomic E-state index is -3.51. The molecule has 0 amide bonds. The highest BCUT2D eigenvalue weighted by molar-refractivity contribution is 7.89. The van der Waals surface area contributed by atoms with Crippen LogP contribution in [0.5, 0.6) is 0 Å². The van der Waals surface area contributed by atoms with Gasteiger partial charge in [0.1, 0.15) is 17.5 Å². The number of aromatic nitrogens is 2. The average Bonchev–Trinajstić information content (AvgIpc) is 3.21. The van der Waals surface area contributed by atoms with Crippen LogP contribution in [-0.4, -0.2) is 62.0 Å². The van der Waals surface area contributed by atoms with Gasteiger partial charge < -0.3 is 9.80 Å². The Morgan fingerprint density at radius 2 is 1.23 bits per heavy atom. The first-order valence-electron chi connectivity index (χ1n) is 10.7. The Hall–Kier alpha value is -2.19. The molecule has 2 saturated heterocycles. The Balaban J connectivity index is 1.52. The highest BCUT2D eigenvalue weighted by Crippen LogP contribution is 2.28. The topological polar surface area (TPSA) is 69.6 Å². The first-order valence-corrected chi connectivity index (χ1v) is 12.1. The Morgan fingerprint density at radius 3 is 1.77 bits per heavy atom. The molecule has 2 aromatic rings. The molecule has 2 fully saturated rings. The predicted octanol–water partition coefficient (Wildman–Crippen LogP) is 2.82. The maximum Gasteiger partial charge on any atom is 0.243 e. The number of aryl methyl sites for hydroxylation is 4. The molecule has 8 heteroatoms. The lowest BCUT2D eigenvalue weighted by Crippen LogP contribution is -2.49. The number of nitrogens with zero attached hydrogens (tertiary/aromatic N) is 5. The zero-order valence-corrected chi connectivity index (χ0v) is 19.2. The summed E-state index contributed by atoms with van der Waals surface area (Å²) in [6, 6.07) is 5.94. The standard InChI is InChI=1S/C22H31N5O2S/c1-16-13-17(2)22(18(3)14-16)30(28,29)27-11-9-26(10-12-27)21-15-20(23-19(4)24-21)25-7-5-6-8-25/h13-15H,5-12H2,1-4H3. The summed E-state index contributed by atoms with van der Waals surface area (Å²) in [6.07, 6.45) is 2.40. The van der Waals surface area contributed by atoms with Crippen molar-refractivity contribution in [2.24, 2.45) is 0 Å². The van der Waals surface area contributed by atoms with Gasteiger partial charge in [-0.2, -0.15) is 4.31 Å². The van der Waals surface area contributed by atoms with Crippen LogP contribution in [0.3, 0.4) is 0 Å². The monoisotopic (exact) mass is 429 g/mol. The van der Waals surface area contributed by atoms with Gasteiger partial charge in [-0.05, 0) is 51.7 Å². The third-order valence-corrected chi connectivity index (χ3v) is 8.21. The fourth-order valence-corrected chi connectivity index (χ4v) is 6.50. The minimum Gasteiger partial charge on any atom is -0.356 e. The van der Waals surface area contributed by atoms with Crippen LogP contribution in [0.4, 0.5) is 11.6 Å². The van der Waals surface area contributed by atoms with E-state index < -0.39 is 10.0 Å². The van der Waals surface area contributed by atoms with Crippen LogP contribution in [-0.2, 0) is 10.0 Å². The lowest BCUT2D eigenvalue weighted by Gasteiger charge is -2.35. The maximum absolute atomic E-state index is 13.3. The molecule has 2 aliphatic heterocycles. The van der Waals surface area contributed by atoms with Crippen molar-refractivity contribution in [3.63, 3.8) is 0 Å². The number of hydrogen-bond donors (Lipinski definition) is 0.